The Balaban J connectivity index is 1.90. The lowest BCUT2D eigenvalue weighted by Gasteiger charge is -2.22. The Morgan fingerprint density at radius 2 is 1.59 bits per heavy atom. The number of carbonyl (C=O) groups excluding carboxylic acids is 3. The highest BCUT2D eigenvalue weighted by atomic mass is 16.6. The molecule has 160 valence electrons. The predicted octanol–water partition coefficient (Wildman–Crippen LogP) is 3.16. The minimum atomic E-state index is -0.317. The molecule has 4 amide bonds. The zero-order valence-electron chi connectivity index (χ0n) is 17.7. The minimum Gasteiger partial charge on any atom is -0.449 e. The molecule has 0 aliphatic carbocycles. The first kappa shape index (κ1) is 22.5. The molecule has 1 aliphatic rings. The van der Waals surface area contributed by atoms with Crippen LogP contribution in [0, 0.1) is 5.92 Å². The van der Waals surface area contributed by atoms with Crippen molar-refractivity contribution in [2.45, 2.75) is 40.2 Å². The number of hydrogen-bond donors (Lipinski definition) is 2. The lowest BCUT2D eigenvalue weighted by molar-refractivity contribution is 0.0746. The lowest BCUT2D eigenvalue weighted by atomic mass is 10.1. The van der Waals surface area contributed by atoms with Crippen molar-refractivity contribution in [2.24, 2.45) is 5.92 Å². The van der Waals surface area contributed by atoms with E-state index in [-0.39, 0.29) is 30.0 Å². The number of nitrogens with zero attached hydrogens (tertiary/aromatic N) is 2. The zero-order chi connectivity index (χ0) is 21.4. The van der Waals surface area contributed by atoms with Crippen molar-refractivity contribution in [1.82, 2.24) is 15.1 Å². The Morgan fingerprint density at radius 3 is 2.21 bits per heavy atom. The maximum atomic E-state index is 12.8. The van der Waals surface area contributed by atoms with Crippen LogP contribution in [0.25, 0.3) is 0 Å². The van der Waals surface area contributed by atoms with Gasteiger partial charge in [0.05, 0.1) is 6.61 Å². The van der Waals surface area contributed by atoms with Crippen LogP contribution in [0.4, 0.5) is 15.3 Å². The fourth-order valence-electron chi connectivity index (χ4n) is 2.94. The first-order valence-corrected chi connectivity index (χ1v) is 10.1. The van der Waals surface area contributed by atoms with Crippen LogP contribution in [0.15, 0.2) is 24.3 Å². The Kier molecular flexibility index (Phi) is 8.30. The van der Waals surface area contributed by atoms with Crippen molar-refractivity contribution in [3.8, 4) is 0 Å². The Labute approximate surface area is 172 Å². The largest absolute Gasteiger partial charge is 0.449 e. The number of ether oxygens (including phenoxy) is 1. The highest BCUT2D eigenvalue weighted by Crippen LogP contribution is 2.14. The molecule has 0 atom stereocenters. The molecule has 1 fully saturated rings. The van der Waals surface area contributed by atoms with Gasteiger partial charge in [-0.3, -0.25) is 4.79 Å². The number of urea groups is 1. The number of benzene rings is 1. The summed E-state index contributed by atoms with van der Waals surface area (Å²) in [5.74, 6) is 0.207. The third-order valence-corrected chi connectivity index (χ3v) is 4.39. The van der Waals surface area contributed by atoms with E-state index in [1.165, 1.54) is 0 Å². The molecular formula is C21H32N4O4. The van der Waals surface area contributed by atoms with E-state index in [1.807, 2.05) is 27.7 Å². The van der Waals surface area contributed by atoms with Crippen LogP contribution in [-0.4, -0.2) is 66.7 Å². The van der Waals surface area contributed by atoms with Gasteiger partial charge in [-0.2, -0.15) is 0 Å². The SMILES string of the molecule is CC(C)COC(=O)N1CCCN(C(=O)c2ccc(NC(=O)NC(C)C)cc2)CC1. The van der Waals surface area contributed by atoms with Crippen molar-refractivity contribution >= 4 is 23.7 Å². The van der Waals surface area contributed by atoms with E-state index in [0.717, 1.165) is 0 Å². The Hall–Kier alpha value is -2.77. The van der Waals surface area contributed by atoms with Gasteiger partial charge >= 0.3 is 12.1 Å². The van der Waals surface area contributed by atoms with Gasteiger partial charge in [0.15, 0.2) is 0 Å². The summed E-state index contributed by atoms with van der Waals surface area (Å²) in [7, 11) is 0. The van der Waals surface area contributed by atoms with Gasteiger partial charge in [-0.25, -0.2) is 9.59 Å². The van der Waals surface area contributed by atoms with E-state index in [2.05, 4.69) is 10.6 Å². The Morgan fingerprint density at radius 1 is 0.966 bits per heavy atom. The van der Waals surface area contributed by atoms with Gasteiger partial charge in [0.25, 0.3) is 5.91 Å². The second kappa shape index (κ2) is 10.7. The van der Waals surface area contributed by atoms with Crippen LogP contribution in [-0.2, 0) is 4.74 Å². The number of rotatable bonds is 5. The summed E-state index contributed by atoms with van der Waals surface area (Å²) in [6.07, 6.45) is 0.389. The summed E-state index contributed by atoms with van der Waals surface area (Å²) >= 11 is 0. The monoisotopic (exact) mass is 404 g/mol. The third kappa shape index (κ3) is 7.29. The molecule has 0 spiro atoms. The summed E-state index contributed by atoms with van der Waals surface area (Å²) in [5.41, 5.74) is 1.17. The van der Waals surface area contributed by atoms with Crippen LogP contribution in [0.2, 0.25) is 0 Å². The second-order valence-corrected chi connectivity index (χ2v) is 7.93. The van der Waals surface area contributed by atoms with Gasteiger partial charge in [-0.1, -0.05) is 13.8 Å². The van der Waals surface area contributed by atoms with Crippen LogP contribution in [0.1, 0.15) is 44.5 Å². The summed E-state index contributed by atoms with van der Waals surface area (Å²) in [4.78, 5) is 40.1. The first-order valence-electron chi connectivity index (χ1n) is 10.1. The van der Waals surface area contributed by atoms with E-state index in [4.69, 9.17) is 4.74 Å². The highest BCUT2D eigenvalue weighted by molar-refractivity contribution is 5.95. The quantitative estimate of drug-likeness (QED) is 0.789. The summed E-state index contributed by atoms with van der Waals surface area (Å²) < 4.78 is 5.29. The van der Waals surface area contributed by atoms with E-state index >= 15 is 0 Å². The fraction of sp³-hybridized carbons (Fsp3) is 0.571. The van der Waals surface area contributed by atoms with Crippen LogP contribution in [0.5, 0.6) is 0 Å². The maximum Gasteiger partial charge on any atom is 0.409 e. The molecule has 2 rings (SSSR count). The van der Waals surface area contributed by atoms with Crippen LogP contribution >= 0.6 is 0 Å². The average molecular weight is 405 g/mol. The molecule has 1 aliphatic heterocycles. The van der Waals surface area contributed by atoms with Crippen LogP contribution in [0.3, 0.4) is 0 Å². The van der Waals surface area contributed by atoms with Crippen molar-refractivity contribution in [2.75, 3.05) is 38.1 Å². The molecule has 8 heteroatoms. The molecule has 0 aromatic heterocycles. The van der Waals surface area contributed by atoms with Gasteiger partial charge in [0.1, 0.15) is 0 Å². The highest BCUT2D eigenvalue weighted by Gasteiger charge is 2.23. The molecule has 1 aromatic carbocycles. The van der Waals surface area contributed by atoms with E-state index in [0.29, 0.717) is 50.5 Å². The molecule has 1 saturated heterocycles. The molecule has 0 radical (unpaired) electrons. The van der Waals surface area contributed by atoms with E-state index in [1.54, 1.807) is 34.1 Å². The lowest BCUT2D eigenvalue weighted by Crippen LogP contribution is -2.38. The smallest absolute Gasteiger partial charge is 0.409 e. The van der Waals surface area contributed by atoms with Gasteiger partial charge in [-0.15, -0.1) is 0 Å². The molecule has 0 bridgehead atoms. The fourth-order valence-corrected chi connectivity index (χ4v) is 2.94. The molecule has 29 heavy (non-hydrogen) atoms. The number of anilines is 1. The summed E-state index contributed by atoms with van der Waals surface area (Å²) in [5, 5.41) is 5.48. The van der Waals surface area contributed by atoms with Crippen molar-refractivity contribution < 1.29 is 19.1 Å². The average Bonchev–Trinajstić information content (AvgIpc) is 2.91. The first-order chi connectivity index (χ1) is 13.8. The number of nitrogens with one attached hydrogen (secondary N) is 2. The maximum absolute atomic E-state index is 12.8. The van der Waals surface area contributed by atoms with Crippen molar-refractivity contribution in [1.29, 1.82) is 0 Å². The molecule has 0 unspecified atom stereocenters. The van der Waals surface area contributed by atoms with E-state index in [9.17, 15) is 14.4 Å². The van der Waals surface area contributed by atoms with Gasteiger partial charge in [0, 0.05) is 43.5 Å². The second-order valence-electron chi connectivity index (χ2n) is 7.93. The summed E-state index contributed by atoms with van der Waals surface area (Å²) in [6, 6.07) is 6.58. The number of hydrogen-bond acceptors (Lipinski definition) is 4. The zero-order valence-corrected chi connectivity index (χ0v) is 17.7. The summed E-state index contributed by atoms with van der Waals surface area (Å²) in [6.45, 7) is 10.2. The molecule has 2 N–H and O–H groups in total. The van der Waals surface area contributed by atoms with Gasteiger partial charge in [0.2, 0.25) is 0 Å². The molecule has 1 heterocycles. The predicted molar refractivity (Wildman–Crippen MR) is 112 cm³/mol. The topological polar surface area (TPSA) is 91.0 Å². The van der Waals surface area contributed by atoms with Crippen molar-refractivity contribution in [3.63, 3.8) is 0 Å². The molecule has 8 nitrogen and oxygen atoms in total. The normalized spacial score (nSPS) is 14.6. The molecule has 1 aromatic rings. The standard InChI is InChI=1S/C21H32N4O4/c1-15(2)14-29-21(28)25-11-5-10-24(12-13-25)19(26)17-6-8-18(9-7-17)23-20(27)22-16(3)4/h6-9,15-16H,5,10-14H2,1-4H3,(H2,22,23,27). The minimum absolute atomic E-state index is 0.0427. The van der Waals surface area contributed by atoms with Gasteiger partial charge in [-0.05, 0) is 50.5 Å². The molecule has 0 saturated carbocycles. The van der Waals surface area contributed by atoms with Crippen molar-refractivity contribution in [3.05, 3.63) is 29.8 Å². The third-order valence-electron chi connectivity index (χ3n) is 4.39. The molecular weight excluding hydrogens is 372 g/mol. The number of amides is 4. The van der Waals surface area contributed by atoms with Crippen LogP contribution < -0.4 is 10.6 Å². The number of carbonyl (C=O) groups is 3. The Bertz CT molecular complexity index is 703. The van der Waals surface area contributed by atoms with Gasteiger partial charge < -0.3 is 25.2 Å². The van der Waals surface area contributed by atoms with E-state index < -0.39 is 0 Å².